The van der Waals surface area contributed by atoms with Crippen molar-refractivity contribution in [3.8, 4) is 0 Å². The molecular formula is C17H20BrNO5. The summed E-state index contributed by atoms with van der Waals surface area (Å²) in [7, 11) is 1.29. The molecule has 24 heavy (non-hydrogen) atoms. The van der Waals surface area contributed by atoms with Crippen LogP contribution in [0.25, 0.3) is 0 Å². The lowest BCUT2D eigenvalue weighted by atomic mass is 10.0. The summed E-state index contributed by atoms with van der Waals surface area (Å²) in [5.74, 6) is -1.04. The number of esters is 2. The van der Waals surface area contributed by atoms with Crippen LogP contribution in [0.5, 0.6) is 0 Å². The van der Waals surface area contributed by atoms with Gasteiger partial charge in [0.2, 0.25) is 5.91 Å². The lowest BCUT2D eigenvalue weighted by Crippen LogP contribution is -2.42. The molecule has 7 heteroatoms. The topological polar surface area (TPSA) is 72.9 Å². The Bertz CT molecular complexity index is 616. The number of rotatable bonds is 6. The fourth-order valence-electron chi connectivity index (χ4n) is 2.90. The van der Waals surface area contributed by atoms with Crippen LogP contribution < -0.4 is 0 Å². The molecule has 1 saturated heterocycles. The molecule has 1 aromatic carbocycles. The van der Waals surface area contributed by atoms with Crippen LogP contribution in [0.2, 0.25) is 0 Å². The number of hydrogen-bond donors (Lipinski definition) is 0. The predicted molar refractivity (Wildman–Crippen MR) is 90.0 cm³/mol. The molecule has 1 amide bonds. The first-order chi connectivity index (χ1) is 11.5. The molecule has 1 heterocycles. The van der Waals surface area contributed by atoms with E-state index < -0.39 is 24.0 Å². The van der Waals surface area contributed by atoms with Crippen LogP contribution in [0.15, 0.2) is 28.7 Å². The summed E-state index contributed by atoms with van der Waals surface area (Å²) in [5.41, 5.74) is 0.774. The molecule has 1 fully saturated rings. The zero-order valence-corrected chi connectivity index (χ0v) is 15.2. The van der Waals surface area contributed by atoms with E-state index in [-0.39, 0.29) is 25.4 Å². The van der Waals surface area contributed by atoms with E-state index in [2.05, 4.69) is 15.9 Å². The summed E-state index contributed by atoms with van der Waals surface area (Å²) in [4.78, 5) is 37.9. The van der Waals surface area contributed by atoms with E-state index >= 15 is 0 Å². The van der Waals surface area contributed by atoms with Crippen molar-refractivity contribution in [1.82, 2.24) is 4.90 Å². The van der Waals surface area contributed by atoms with E-state index in [9.17, 15) is 14.4 Å². The minimum atomic E-state index is -0.675. The molecule has 2 atom stereocenters. The molecule has 2 rings (SSSR count). The van der Waals surface area contributed by atoms with Gasteiger partial charge in [0.1, 0.15) is 6.04 Å². The number of ether oxygens (including phenoxy) is 2. The molecular weight excluding hydrogens is 378 g/mol. The molecule has 1 aromatic rings. The predicted octanol–water partition coefficient (Wildman–Crippen LogP) is 2.61. The molecule has 0 N–H and O–H groups in total. The first kappa shape index (κ1) is 18.4. The monoisotopic (exact) mass is 397 g/mol. The van der Waals surface area contributed by atoms with Crippen LogP contribution >= 0.6 is 15.9 Å². The molecule has 1 aliphatic rings. The summed E-state index contributed by atoms with van der Waals surface area (Å²) < 4.78 is 10.7. The fraction of sp³-hybridized carbons (Fsp3) is 0.471. The lowest BCUT2D eigenvalue weighted by Gasteiger charge is -2.32. The Kier molecular flexibility index (Phi) is 6.36. The maximum atomic E-state index is 12.4. The standard InChI is InChI=1S/C17H20BrNO5/c1-3-24-16(21)10-14(11-4-6-12(18)7-5-11)19-13(17(22)23-2)8-9-15(19)20/h4-7,13-14H,3,8-10H2,1-2H3. The highest BCUT2D eigenvalue weighted by molar-refractivity contribution is 9.10. The zero-order valence-electron chi connectivity index (χ0n) is 13.7. The molecule has 2 unspecified atom stereocenters. The minimum absolute atomic E-state index is 0.00525. The number of carbonyl (C=O) groups excluding carboxylic acids is 3. The van der Waals surface area contributed by atoms with E-state index in [4.69, 9.17) is 9.47 Å². The van der Waals surface area contributed by atoms with Gasteiger partial charge in [0.05, 0.1) is 26.2 Å². The van der Waals surface area contributed by atoms with Crippen LogP contribution in [-0.2, 0) is 23.9 Å². The van der Waals surface area contributed by atoms with Gasteiger partial charge in [-0.3, -0.25) is 9.59 Å². The van der Waals surface area contributed by atoms with Crippen LogP contribution in [0.1, 0.15) is 37.8 Å². The smallest absolute Gasteiger partial charge is 0.328 e. The quantitative estimate of drug-likeness (QED) is 0.689. The van der Waals surface area contributed by atoms with Crippen LogP contribution in [0, 0.1) is 0 Å². The van der Waals surface area contributed by atoms with Gasteiger partial charge in [0, 0.05) is 10.9 Å². The van der Waals surface area contributed by atoms with E-state index in [1.165, 1.54) is 12.0 Å². The third-order valence-corrected chi connectivity index (χ3v) is 4.51. The van der Waals surface area contributed by atoms with Gasteiger partial charge < -0.3 is 14.4 Å². The average Bonchev–Trinajstić information content (AvgIpc) is 2.94. The second kappa shape index (κ2) is 8.28. The van der Waals surface area contributed by atoms with Gasteiger partial charge in [-0.05, 0) is 31.0 Å². The molecule has 0 aromatic heterocycles. The molecule has 130 valence electrons. The number of carbonyl (C=O) groups is 3. The molecule has 0 aliphatic carbocycles. The summed E-state index contributed by atoms with van der Waals surface area (Å²) >= 11 is 3.37. The Hall–Kier alpha value is -1.89. The number of amides is 1. The van der Waals surface area contributed by atoms with Gasteiger partial charge in [0.25, 0.3) is 0 Å². The van der Waals surface area contributed by atoms with E-state index in [1.54, 1.807) is 6.92 Å². The van der Waals surface area contributed by atoms with Crippen LogP contribution in [0.4, 0.5) is 0 Å². The molecule has 0 saturated carbocycles. The first-order valence-electron chi connectivity index (χ1n) is 7.78. The molecule has 1 aliphatic heterocycles. The first-order valence-corrected chi connectivity index (χ1v) is 8.57. The van der Waals surface area contributed by atoms with Gasteiger partial charge in [-0.1, -0.05) is 28.1 Å². The molecule has 0 bridgehead atoms. The van der Waals surface area contributed by atoms with Gasteiger partial charge in [0.15, 0.2) is 0 Å². The van der Waals surface area contributed by atoms with E-state index in [0.29, 0.717) is 6.42 Å². The third-order valence-electron chi connectivity index (χ3n) is 3.98. The van der Waals surface area contributed by atoms with Crippen molar-refractivity contribution in [3.05, 3.63) is 34.3 Å². The summed E-state index contributed by atoms with van der Waals surface area (Å²) in [6.45, 7) is 1.99. The Morgan fingerprint density at radius 1 is 1.33 bits per heavy atom. The van der Waals surface area contributed by atoms with Crippen molar-refractivity contribution in [2.45, 2.75) is 38.3 Å². The summed E-state index contributed by atoms with van der Waals surface area (Å²) in [6, 6.07) is 6.09. The Labute approximate surface area is 149 Å². The van der Waals surface area contributed by atoms with Crippen LogP contribution in [0.3, 0.4) is 0 Å². The number of benzene rings is 1. The van der Waals surface area contributed by atoms with Crippen molar-refractivity contribution in [3.63, 3.8) is 0 Å². The van der Waals surface area contributed by atoms with Gasteiger partial charge in [-0.25, -0.2) is 4.79 Å². The van der Waals surface area contributed by atoms with Gasteiger partial charge >= 0.3 is 11.9 Å². The highest BCUT2D eigenvalue weighted by Crippen LogP contribution is 2.34. The Balaban J connectivity index is 2.36. The number of methoxy groups -OCH3 is 1. The van der Waals surface area contributed by atoms with Crippen molar-refractivity contribution in [1.29, 1.82) is 0 Å². The van der Waals surface area contributed by atoms with E-state index in [1.807, 2.05) is 24.3 Å². The summed E-state index contributed by atoms with van der Waals surface area (Å²) in [6.07, 6.45) is 0.645. The SMILES string of the molecule is CCOC(=O)CC(c1ccc(Br)cc1)N1C(=O)CCC1C(=O)OC. The highest BCUT2D eigenvalue weighted by atomic mass is 79.9. The second-order valence-electron chi connectivity index (χ2n) is 5.46. The number of halogens is 1. The van der Waals surface area contributed by atoms with Gasteiger partial charge in [-0.15, -0.1) is 0 Å². The summed E-state index contributed by atoms with van der Waals surface area (Å²) in [5, 5.41) is 0. The Morgan fingerprint density at radius 3 is 2.58 bits per heavy atom. The average molecular weight is 398 g/mol. The normalized spacial score (nSPS) is 18.4. The number of nitrogens with zero attached hydrogens (tertiary/aromatic N) is 1. The Morgan fingerprint density at radius 2 is 2.00 bits per heavy atom. The van der Waals surface area contributed by atoms with Crippen molar-refractivity contribution in [2.75, 3.05) is 13.7 Å². The maximum Gasteiger partial charge on any atom is 0.328 e. The highest BCUT2D eigenvalue weighted by Gasteiger charge is 2.42. The molecule has 6 nitrogen and oxygen atoms in total. The molecule has 0 radical (unpaired) electrons. The number of likely N-dealkylation sites (tertiary alicyclic amines) is 1. The minimum Gasteiger partial charge on any atom is -0.467 e. The fourth-order valence-corrected chi connectivity index (χ4v) is 3.16. The van der Waals surface area contributed by atoms with Crippen molar-refractivity contribution >= 4 is 33.8 Å². The number of hydrogen-bond acceptors (Lipinski definition) is 5. The third kappa shape index (κ3) is 4.14. The van der Waals surface area contributed by atoms with Crippen molar-refractivity contribution in [2.24, 2.45) is 0 Å². The second-order valence-corrected chi connectivity index (χ2v) is 6.37. The lowest BCUT2D eigenvalue weighted by molar-refractivity contribution is -0.153. The van der Waals surface area contributed by atoms with Gasteiger partial charge in [-0.2, -0.15) is 0 Å². The molecule has 0 spiro atoms. The zero-order chi connectivity index (χ0) is 17.7. The largest absolute Gasteiger partial charge is 0.467 e. The van der Waals surface area contributed by atoms with Crippen molar-refractivity contribution < 1.29 is 23.9 Å². The maximum absolute atomic E-state index is 12.4. The van der Waals surface area contributed by atoms with Crippen LogP contribution in [-0.4, -0.2) is 42.5 Å². The van der Waals surface area contributed by atoms with E-state index in [0.717, 1.165) is 10.0 Å².